The van der Waals surface area contributed by atoms with Gasteiger partial charge in [0.25, 0.3) is 0 Å². The maximum atomic E-state index is 4.22. The summed E-state index contributed by atoms with van der Waals surface area (Å²) in [6.45, 7) is 8.56. The van der Waals surface area contributed by atoms with Crippen molar-refractivity contribution >= 4 is 11.5 Å². The predicted molar refractivity (Wildman–Crippen MR) is 57.6 cm³/mol. The van der Waals surface area contributed by atoms with Gasteiger partial charge >= 0.3 is 0 Å². The lowest BCUT2D eigenvalue weighted by atomic mass is 10.0. The summed E-state index contributed by atoms with van der Waals surface area (Å²) in [6.07, 6.45) is 3.46. The first-order valence-electron chi connectivity index (χ1n) is 4.90. The van der Waals surface area contributed by atoms with Gasteiger partial charge in [-0.15, -0.1) is 0 Å². The van der Waals surface area contributed by atoms with Crippen LogP contribution in [0, 0.1) is 0 Å². The molecule has 0 aliphatic carbocycles. The van der Waals surface area contributed by atoms with Gasteiger partial charge in [-0.3, -0.25) is 0 Å². The Morgan fingerprint density at radius 2 is 2.21 bits per heavy atom. The molecule has 76 valence electrons. The minimum atomic E-state index is 0.127. The number of rotatable bonds is 0. The molecule has 1 aliphatic rings. The average molecular weight is 192 g/mol. The summed E-state index contributed by atoms with van der Waals surface area (Å²) in [7, 11) is 0. The molecule has 0 unspecified atom stereocenters. The second-order valence-electron chi connectivity index (χ2n) is 4.51. The Morgan fingerprint density at radius 3 is 2.93 bits per heavy atom. The molecule has 0 amide bonds. The van der Waals surface area contributed by atoms with Gasteiger partial charge in [-0.05, 0) is 20.8 Å². The van der Waals surface area contributed by atoms with Gasteiger partial charge in [0, 0.05) is 18.6 Å². The molecule has 1 aromatic rings. The highest BCUT2D eigenvalue weighted by atomic mass is 15.3. The first-order valence-corrected chi connectivity index (χ1v) is 4.90. The van der Waals surface area contributed by atoms with E-state index in [0.29, 0.717) is 0 Å². The number of aromatic nitrogens is 2. The van der Waals surface area contributed by atoms with Crippen molar-refractivity contribution in [3.05, 3.63) is 12.5 Å². The van der Waals surface area contributed by atoms with Gasteiger partial charge in [0.2, 0.25) is 0 Å². The molecule has 4 nitrogen and oxygen atoms in total. The van der Waals surface area contributed by atoms with Crippen molar-refractivity contribution in [1.82, 2.24) is 9.97 Å². The van der Waals surface area contributed by atoms with E-state index in [9.17, 15) is 0 Å². The molecule has 0 fully saturated rings. The smallest absolute Gasteiger partial charge is 0.153 e. The normalized spacial score (nSPS) is 16.1. The molecule has 0 atom stereocenters. The topological polar surface area (TPSA) is 41.0 Å². The lowest BCUT2D eigenvalue weighted by molar-refractivity contribution is 0.503. The summed E-state index contributed by atoms with van der Waals surface area (Å²) >= 11 is 0. The zero-order valence-corrected chi connectivity index (χ0v) is 8.91. The van der Waals surface area contributed by atoms with Crippen molar-refractivity contribution in [1.29, 1.82) is 0 Å². The first-order chi connectivity index (χ1) is 6.59. The Kier molecular flexibility index (Phi) is 2.06. The van der Waals surface area contributed by atoms with E-state index in [1.165, 1.54) is 0 Å². The van der Waals surface area contributed by atoms with Crippen LogP contribution in [0.1, 0.15) is 20.8 Å². The van der Waals surface area contributed by atoms with Crippen LogP contribution in [0.15, 0.2) is 12.5 Å². The van der Waals surface area contributed by atoms with Crippen LogP contribution >= 0.6 is 0 Å². The van der Waals surface area contributed by atoms with Crippen LogP contribution in [-0.4, -0.2) is 28.6 Å². The van der Waals surface area contributed by atoms with Crippen molar-refractivity contribution < 1.29 is 0 Å². The van der Waals surface area contributed by atoms with Crippen molar-refractivity contribution in [2.45, 2.75) is 26.3 Å². The third kappa shape index (κ3) is 1.52. The molecule has 1 aliphatic heterocycles. The maximum Gasteiger partial charge on any atom is 0.153 e. The molecule has 0 radical (unpaired) electrons. The molecule has 2 heterocycles. The van der Waals surface area contributed by atoms with Gasteiger partial charge in [0.1, 0.15) is 6.33 Å². The van der Waals surface area contributed by atoms with Crippen molar-refractivity contribution in [3.8, 4) is 0 Å². The largest absolute Gasteiger partial charge is 0.366 e. The Hall–Kier alpha value is -1.32. The van der Waals surface area contributed by atoms with Crippen LogP contribution < -0.4 is 10.2 Å². The standard InChI is InChI=1S/C10H16N4/c1-10(2,3)14-5-4-12-9-8(14)6-11-7-13-9/h6-7H,4-5H2,1-3H3,(H,11,12,13). The van der Waals surface area contributed by atoms with Crippen molar-refractivity contribution in [2.75, 3.05) is 23.3 Å². The van der Waals surface area contributed by atoms with Gasteiger partial charge in [-0.2, -0.15) is 0 Å². The van der Waals surface area contributed by atoms with Crippen LogP contribution in [0.25, 0.3) is 0 Å². The number of nitrogens with zero attached hydrogens (tertiary/aromatic N) is 3. The third-order valence-corrected chi connectivity index (χ3v) is 2.42. The minimum absolute atomic E-state index is 0.127. The summed E-state index contributed by atoms with van der Waals surface area (Å²) in [5.41, 5.74) is 1.23. The lowest BCUT2D eigenvalue weighted by Crippen LogP contribution is -2.47. The Labute approximate surface area is 84.4 Å². The molecule has 14 heavy (non-hydrogen) atoms. The minimum Gasteiger partial charge on any atom is -0.366 e. The number of fused-ring (bicyclic) bond motifs is 1. The quantitative estimate of drug-likeness (QED) is 0.676. The SMILES string of the molecule is CC(C)(C)N1CCNc2ncncc21. The summed E-state index contributed by atoms with van der Waals surface area (Å²) in [5.74, 6) is 0.946. The van der Waals surface area contributed by atoms with Crippen LogP contribution in [0.4, 0.5) is 11.5 Å². The third-order valence-electron chi connectivity index (χ3n) is 2.42. The van der Waals surface area contributed by atoms with Gasteiger partial charge in [-0.1, -0.05) is 0 Å². The molecule has 4 heteroatoms. The van der Waals surface area contributed by atoms with E-state index in [0.717, 1.165) is 24.6 Å². The van der Waals surface area contributed by atoms with E-state index in [4.69, 9.17) is 0 Å². The number of nitrogens with one attached hydrogen (secondary N) is 1. The summed E-state index contributed by atoms with van der Waals surface area (Å²) < 4.78 is 0. The van der Waals surface area contributed by atoms with Gasteiger partial charge in [0.05, 0.1) is 11.9 Å². The monoisotopic (exact) mass is 192 g/mol. The molecule has 1 aromatic heterocycles. The number of anilines is 2. The maximum absolute atomic E-state index is 4.22. The molecular formula is C10H16N4. The molecule has 0 saturated carbocycles. The van der Waals surface area contributed by atoms with Crippen molar-refractivity contribution in [2.24, 2.45) is 0 Å². The van der Waals surface area contributed by atoms with Crippen LogP contribution in [0.2, 0.25) is 0 Å². The fourth-order valence-electron chi connectivity index (χ4n) is 1.76. The molecule has 0 saturated heterocycles. The fraction of sp³-hybridized carbons (Fsp3) is 0.600. The molecular weight excluding hydrogens is 176 g/mol. The zero-order valence-electron chi connectivity index (χ0n) is 8.91. The van der Waals surface area contributed by atoms with E-state index in [2.05, 4.69) is 41.0 Å². The molecule has 0 aromatic carbocycles. The van der Waals surface area contributed by atoms with E-state index < -0.39 is 0 Å². The molecule has 1 N–H and O–H groups in total. The molecule has 0 bridgehead atoms. The van der Waals surface area contributed by atoms with Crippen LogP contribution in [-0.2, 0) is 0 Å². The lowest BCUT2D eigenvalue weighted by Gasteiger charge is -2.40. The van der Waals surface area contributed by atoms with E-state index in [1.807, 2.05) is 6.20 Å². The van der Waals surface area contributed by atoms with Gasteiger partial charge in [-0.25, -0.2) is 9.97 Å². The van der Waals surface area contributed by atoms with Gasteiger partial charge in [0.15, 0.2) is 5.82 Å². The Morgan fingerprint density at radius 1 is 1.43 bits per heavy atom. The second-order valence-corrected chi connectivity index (χ2v) is 4.51. The van der Waals surface area contributed by atoms with Crippen LogP contribution in [0.5, 0.6) is 0 Å². The highest BCUT2D eigenvalue weighted by Crippen LogP contribution is 2.30. The zero-order chi connectivity index (χ0) is 10.2. The Bertz CT molecular complexity index is 329. The highest BCUT2D eigenvalue weighted by molar-refractivity contribution is 5.67. The Balaban J connectivity index is 2.41. The molecule has 2 rings (SSSR count). The number of hydrogen-bond donors (Lipinski definition) is 1. The summed E-state index contributed by atoms with van der Waals surface area (Å²) in [5, 5.41) is 3.27. The van der Waals surface area contributed by atoms with Crippen LogP contribution in [0.3, 0.4) is 0 Å². The average Bonchev–Trinajstić information content (AvgIpc) is 2.15. The highest BCUT2D eigenvalue weighted by Gasteiger charge is 2.26. The predicted octanol–water partition coefficient (Wildman–Crippen LogP) is 1.51. The second kappa shape index (κ2) is 3.12. The van der Waals surface area contributed by atoms with Crippen molar-refractivity contribution in [3.63, 3.8) is 0 Å². The molecule has 0 spiro atoms. The summed E-state index contributed by atoms with van der Waals surface area (Å²) in [6, 6.07) is 0. The first kappa shape index (κ1) is 9.24. The van der Waals surface area contributed by atoms with E-state index >= 15 is 0 Å². The van der Waals surface area contributed by atoms with E-state index in [-0.39, 0.29) is 5.54 Å². The van der Waals surface area contributed by atoms with Gasteiger partial charge < -0.3 is 10.2 Å². The fourth-order valence-corrected chi connectivity index (χ4v) is 1.76. The number of hydrogen-bond acceptors (Lipinski definition) is 4. The van der Waals surface area contributed by atoms with E-state index in [1.54, 1.807) is 6.33 Å². The summed E-state index contributed by atoms with van der Waals surface area (Å²) in [4.78, 5) is 10.6.